The predicted octanol–water partition coefficient (Wildman–Crippen LogP) is 3.88. The predicted molar refractivity (Wildman–Crippen MR) is 146 cm³/mol. The molecule has 1 aliphatic heterocycles. The fourth-order valence-electron chi connectivity index (χ4n) is 4.29. The molecule has 216 valence electrons. The van der Waals surface area contributed by atoms with E-state index in [0.717, 1.165) is 18.5 Å². The highest BCUT2D eigenvalue weighted by Crippen LogP contribution is 2.45. The van der Waals surface area contributed by atoms with Gasteiger partial charge in [0.15, 0.2) is 0 Å². The van der Waals surface area contributed by atoms with Gasteiger partial charge in [0.1, 0.15) is 5.75 Å². The second-order valence-corrected chi connectivity index (χ2v) is 14.0. The first-order valence-electron chi connectivity index (χ1n) is 12.7. The largest absolute Gasteiger partial charge is 0.497 e. The van der Waals surface area contributed by atoms with E-state index in [-0.39, 0.29) is 17.4 Å². The van der Waals surface area contributed by atoms with Crippen LogP contribution in [0.25, 0.3) is 0 Å². The highest BCUT2D eigenvalue weighted by atomic mass is 32.2. The fourth-order valence-corrected chi connectivity index (χ4v) is 6.95. The molecular formula is C25H42N3O8PS. The Kier molecular flexibility index (Phi) is 12.7. The van der Waals surface area contributed by atoms with E-state index in [2.05, 4.69) is 16.3 Å². The maximum atomic E-state index is 13.4. The summed E-state index contributed by atoms with van der Waals surface area (Å²) >= 11 is 0. The highest BCUT2D eigenvalue weighted by Gasteiger charge is 2.28. The molecule has 2 rings (SSSR count). The molecule has 1 aromatic carbocycles. The van der Waals surface area contributed by atoms with Crippen molar-refractivity contribution in [3.63, 3.8) is 0 Å². The number of methoxy groups -OCH3 is 1. The van der Waals surface area contributed by atoms with Gasteiger partial charge in [0.05, 0.1) is 18.2 Å². The summed E-state index contributed by atoms with van der Waals surface area (Å²) in [4.78, 5) is 13.8. The lowest BCUT2D eigenvalue weighted by Gasteiger charge is -2.30. The first kappa shape index (κ1) is 32.3. The van der Waals surface area contributed by atoms with Crippen molar-refractivity contribution in [2.45, 2.75) is 44.0 Å². The van der Waals surface area contributed by atoms with Crippen molar-refractivity contribution in [1.29, 1.82) is 0 Å². The second kappa shape index (κ2) is 15.0. The minimum absolute atomic E-state index is 0.0902. The standard InChI is InChI=1S/C25H42N3O8PS/c1-20(2)19-28(38(32,33)24-8-6-23(34-3)7-9-24)15-12-22(26-25(29)30)18-21-10-13-27(14-11-21)16-17-37(31,35-4)36-5/h6-10,20,22,26H,11-19H2,1-5H3,(H,29,30)/t22-/m1/s1. The van der Waals surface area contributed by atoms with Crippen LogP contribution in [0.2, 0.25) is 0 Å². The van der Waals surface area contributed by atoms with E-state index in [1.54, 1.807) is 12.1 Å². The molecule has 0 saturated carbocycles. The van der Waals surface area contributed by atoms with Gasteiger partial charge in [0.2, 0.25) is 10.0 Å². The summed E-state index contributed by atoms with van der Waals surface area (Å²) in [5, 5.41) is 12.0. The monoisotopic (exact) mass is 575 g/mol. The average Bonchev–Trinajstić information content (AvgIpc) is 2.89. The van der Waals surface area contributed by atoms with Gasteiger partial charge in [-0.25, -0.2) is 13.2 Å². The Morgan fingerprint density at radius 1 is 1.18 bits per heavy atom. The average molecular weight is 576 g/mol. The third-order valence-electron chi connectivity index (χ3n) is 6.46. The molecule has 0 fully saturated rings. The summed E-state index contributed by atoms with van der Waals surface area (Å²) in [6.07, 6.45) is 2.77. The first-order chi connectivity index (χ1) is 17.9. The molecule has 0 saturated heterocycles. The van der Waals surface area contributed by atoms with Crippen LogP contribution in [0.4, 0.5) is 4.79 Å². The Bertz CT molecular complexity index is 1070. The Hall–Kier alpha value is -1.95. The van der Waals surface area contributed by atoms with Crippen molar-refractivity contribution in [2.24, 2.45) is 5.92 Å². The van der Waals surface area contributed by atoms with E-state index in [1.165, 1.54) is 37.8 Å². The van der Waals surface area contributed by atoms with Gasteiger partial charge < -0.3 is 24.2 Å². The van der Waals surface area contributed by atoms with E-state index in [1.807, 2.05) is 13.8 Å². The minimum Gasteiger partial charge on any atom is -0.497 e. The van der Waals surface area contributed by atoms with Crippen LogP contribution in [0.3, 0.4) is 0 Å². The molecule has 0 bridgehead atoms. The maximum Gasteiger partial charge on any atom is 0.404 e. The number of sulfonamides is 1. The molecule has 0 aliphatic carbocycles. The van der Waals surface area contributed by atoms with Crippen LogP contribution in [0.1, 0.15) is 33.1 Å². The zero-order chi connectivity index (χ0) is 28.3. The highest BCUT2D eigenvalue weighted by molar-refractivity contribution is 7.89. The summed E-state index contributed by atoms with van der Waals surface area (Å²) in [7, 11) is -2.57. The van der Waals surface area contributed by atoms with Crippen molar-refractivity contribution < 1.29 is 36.7 Å². The van der Waals surface area contributed by atoms with E-state index in [4.69, 9.17) is 13.8 Å². The molecule has 0 spiro atoms. The van der Waals surface area contributed by atoms with E-state index >= 15 is 0 Å². The van der Waals surface area contributed by atoms with Gasteiger partial charge in [0, 0.05) is 53.0 Å². The van der Waals surface area contributed by atoms with Gasteiger partial charge in [-0.2, -0.15) is 4.31 Å². The topological polar surface area (TPSA) is 135 Å². The van der Waals surface area contributed by atoms with Crippen LogP contribution < -0.4 is 10.1 Å². The number of nitrogens with zero attached hydrogens (tertiary/aromatic N) is 2. The Morgan fingerprint density at radius 2 is 1.84 bits per heavy atom. The van der Waals surface area contributed by atoms with Gasteiger partial charge in [-0.3, -0.25) is 9.46 Å². The third kappa shape index (κ3) is 9.98. The number of hydrogen-bond acceptors (Lipinski definition) is 8. The molecule has 2 N–H and O–H groups in total. The Morgan fingerprint density at radius 3 is 2.34 bits per heavy atom. The maximum absolute atomic E-state index is 13.4. The Labute approximate surface area is 226 Å². The summed E-state index contributed by atoms with van der Waals surface area (Å²) < 4.78 is 55.6. The SMILES string of the molecule is COc1ccc(S(=O)(=O)N(CC[C@H](CC2=CCN(CCP(=O)(OC)OC)CC2)NC(=O)O)CC(C)C)cc1. The molecule has 1 heterocycles. The number of rotatable bonds is 16. The molecule has 1 amide bonds. The van der Waals surface area contributed by atoms with Gasteiger partial charge in [-0.05, 0) is 49.4 Å². The molecular weight excluding hydrogens is 533 g/mol. The number of benzene rings is 1. The second-order valence-electron chi connectivity index (χ2n) is 9.68. The molecule has 38 heavy (non-hydrogen) atoms. The minimum atomic E-state index is -3.77. The van der Waals surface area contributed by atoms with Gasteiger partial charge in [-0.1, -0.05) is 25.5 Å². The van der Waals surface area contributed by atoms with E-state index in [0.29, 0.717) is 44.4 Å². The Balaban J connectivity index is 2.06. The van der Waals surface area contributed by atoms with Crippen molar-refractivity contribution in [1.82, 2.24) is 14.5 Å². The van der Waals surface area contributed by atoms with E-state index < -0.39 is 29.8 Å². The number of amides is 1. The third-order valence-corrected chi connectivity index (χ3v) is 10.2. The number of ether oxygens (including phenoxy) is 1. The summed E-state index contributed by atoms with van der Waals surface area (Å²) in [6, 6.07) is 5.82. The molecule has 11 nitrogen and oxygen atoms in total. The first-order valence-corrected chi connectivity index (χ1v) is 15.8. The summed E-state index contributed by atoms with van der Waals surface area (Å²) in [6.45, 7) is 6.34. The molecule has 1 aromatic rings. The van der Waals surface area contributed by atoms with Gasteiger partial charge in [0.25, 0.3) is 0 Å². The number of carbonyl (C=O) groups is 1. The van der Waals surface area contributed by atoms with Crippen molar-refractivity contribution in [2.75, 3.05) is 60.2 Å². The summed E-state index contributed by atoms with van der Waals surface area (Å²) in [5.74, 6) is 0.656. The fraction of sp³-hybridized carbons (Fsp3) is 0.640. The van der Waals surface area contributed by atoms with Crippen LogP contribution in [0.5, 0.6) is 5.75 Å². The lowest BCUT2D eigenvalue weighted by molar-refractivity contribution is 0.188. The van der Waals surface area contributed by atoms with Gasteiger partial charge >= 0.3 is 13.7 Å². The van der Waals surface area contributed by atoms with Crippen molar-refractivity contribution >= 4 is 23.7 Å². The van der Waals surface area contributed by atoms with Crippen LogP contribution in [0.15, 0.2) is 40.8 Å². The lowest BCUT2D eigenvalue weighted by atomic mass is 9.98. The van der Waals surface area contributed by atoms with Crippen LogP contribution >= 0.6 is 7.60 Å². The quantitative estimate of drug-likeness (QED) is 0.222. The van der Waals surface area contributed by atoms with E-state index in [9.17, 15) is 22.9 Å². The van der Waals surface area contributed by atoms with Crippen molar-refractivity contribution in [3.8, 4) is 5.75 Å². The molecule has 1 aliphatic rings. The lowest BCUT2D eigenvalue weighted by Crippen LogP contribution is -2.41. The molecule has 0 radical (unpaired) electrons. The number of hydrogen-bond donors (Lipinski definition) is 2. The molecule has 0 aromatic heterocycles. The van der Waals surface area contributed by atoms with Crippen LogP contribution in [-0.4, -0.2) is 95.1 Å². The van der Waals surface area contributed by atoms with Crippen LogP contribution in [-0.2, 0) is 23.6 Å². The van der Waals surface area contributed by atoms with Crippen LogP contribution in [0, 0.1) is 5.92 Å². The normalized spacial score (nSPS) is 15.9. The zero-order valence-electron chi connectivity index (χ0n) is 23.0. The number of nitrogens with one attached hydrogen (secondary N) is 1. The summed E-state index contributed by atoms with van der Waals surface area (Å²) in [5.41, 5.74) is 1.11. The zero-order valence-corrected chi connectivity index (χ0v) is 24.7. The smallest absolute Gasteiger partial charge is 0.404 e. The van der Waals surface area contributed by atoms with Gasteiger partial charge in [-0.15, -0.1) is 0 Å². The number of carboxylic acid groups (broad SMARTS) is 1. The molecule has 0 unspecified atom stereocenters. The van der Waals surface area contributed by atoms with Crippen molar-refractivity contribution in [3.05, 3.63) is 35.9 Å². The molecule has 1 atom stereocenters. The molecule has 13 heteroatoms.